The summed E-state index contributed by atoms with van der Waals surface area (Å²) >= 11 is 0. The van der Waals surface area contributed by atoms with Gasteiger partial charge in [0.15, 0.2) is 0 Å². The van der Waals surface area contributed by atoms with Crippen LogP contribution in [0.1, 0.15) is 45.4 Å². The lowest BCUT2D eigenvalue weighted by Gasteiger charge is -2.55. The van der Waals surface area contributed by atoms with Crippen LogP contribution < -0.4 is 10.6 Å². The quantitative estimate of drug-likeness (QED) is 0.763. The smallest absolute Gasteiger partial charge is 0.407 e. The van der Waals surface area contributed by atoms with E-state index in [1.165, 1.54) is 19.3 Å². The Morgan fingerprint density at radius 2 is 1.52 bits per heavy atom. The number of carbonyl (C=O) groups is 2. The summed E-state index contributed by atoms with van der Waals surface area (Å²) in [4.78, 5) is 23.8. The van der Waals surface area contributed by atoms with Crippen molar-refractivity contribution in [1.29, 1.82) is 0 Å². The zero-order valence-corrected chi connectivity index (χ0v) is 12.8. The fourth-order valence-electron chi connectivity index (χ4n) is 5.10. The van der Waals surface area contributed by atoms with E-state index in [2.05, 4.69) is 10.6 Å². The molecule has 0 heterocycles. The molecule has 0 spiro atoms. The molecule has 0 aliphatic heterocycles. The predicted molar refractivity (Wildman–Crippen MR) is 78.6 cm³/mol. The van der Waals surface area contributed by atoms with Crippen LogP contribution in [-0.2, 0) is 9.53 Å². The van der Waals surface area contributed by atoms with Gasteiger partial charge in [0, 0.05) is 18.5 Å². The van der Waals surface area contributed by atoms with Gasteiger partial charge in [-0.3, -0.25) is 4.79 Å². The van der Waals surface area contributed by atoms with Crippen LogP contribution in [0.3, 0.4) is 0 Å². The van der Waals surface area contributed by atoms with Gasteiger partial charge in [-0.05, 0) is 63.2 Å². The second-order valence-electron chi connectivity index (χ2n) is 7.10. The first-order valence-corrected chi connectivity index (χ1v) is 8.30. The summed E-state index contributed by atoms with van der Waals surface area (Å²) in [6.07, 6.45) is 6.86. The van der Waals surface area contributed by atoms with Gasteiger partial charge in [-0.1, -0.05) is 0 Å². The summed E-state index contributed by atoms with van der Waals surface area (Å²) in [6.45, 7) is 3.05. The normalized spacial score (nSPS) is 36.3. The number of rotatable bonds is 5. The number of nitrogens with one attached hydrogen (secondary N) is 2. The summed E-state index contributed by atoms with van der Waals surface area (Å²) in [5.41, 5.74) is -0.0985. The van der Waals surface area contributed by atoms with Crippen LogP contribution in [0.2, 0.25) is 0 Å². The molecule has 21 heavy (non-hydrogen) atoms. The Morgan fingerprint density at radius 1 is 1.00 bits per heavy atom. The second-order valence-corrected chi connectivity index (χ2v) is 7.10. The van der Waals surface area contributed by atoms with Crippen molar-refractivity contribution in [2.75, 3.05) is 19.7 Å². The molecule has 0 aromatic heterocycles. The molecule has 4 aliphatic rings. The van der Waals surface area contributed by atoms with Gasteiger partial charge in [-0.15, -0.1) is 0 Å². The standard InChI is InChI=1S/C16H26N2O3/c1-2-21-15(20)18-4-3-17-14(19)16-8-11-5-12(9-16)7-13(6-11)10-16/h11-13H,2-10H2,1H3,(H,17,19)(H,18,20). The minimum atomic E-state index is -0.415. The van der Waals surface area contributed by atoms with Gasteiger partial charge in [-0.25, -0.2) is 4.79 Å². The van der Waals surface area contributed by atoms with Crippen LogP contribution in [0, 0.1) is 23.2 Å². The highest BCUT2D eigenvalue weighted by molar-refractivity contribution is 5.83. The minimum Gasteiger partial charge on any atom is -0.450 e. The highest BCUT2D eigenvalue weighted by Gasteiger charge is 2.54. The summed E-state index contributed by atoms with van der Waals surface area (Å²) in [5.74, 6) is 2.55. The number of carbonyl (C=O) groups excluding carboxylic acids is 2. The molecule has 0 aromatic carbocycles. The molecule has 4 fully saturated rings. The molecule has 4 saturated carbocycles. The molecule has 0 saturated heterocycles. The van der Waals surface area contributed by atoms with Crippen LogP contribution in [0.25, 0.3) is 0 Å². The van der Waals surface area contributed by atoms with E-state index in [4.69, 9.17) is 4.74 Å². The number of amides is 2. The second kappa shape index (κ2) is 5.85. The van der Waals surface area contributed by atoms with Crippen LogP contribution in [-0.4, -0.2) is 31.7 Å². The van der Waals surface area contributed by atoms with Crippen molar-refractivity contribution in [3.05, 3.63) is 0 Å². The Kier molecular flexibility index (Phi) is 4.09. The van der Waals surface area contributed by atoms with E-state index in [0.29, 0.717) is 19.7 Å². The minimum absolute atomic E-state index is 0.0985. The summed E-state index contributed by atoms with van der Waals surface area (Å²) in [7, 11) is 0. The summed E-state index contributed by atoms with van der Waals surface area (Å²) in [5, 5.41) is 5.66. The largest absolute Gasteiger partial charge is 0.450 e. The maximum absolute atomic E-state index is 12.6. The van der Waals surface area contributed by atoms with E-state index in [9.17, 15) is 9.59 Å². The lowest BCUT2D eigenvalue weighted by Crippen LogP contribution is -2.54. The van der Waals surface area contributed by atoms with Gasteiger partial charge in [-0.2, -0.15) is 0 Å². The lowest BCUT2D eigenvalue weighted by atomic mass is 9.49. The van der Waals surface area contributed by atoms with Gasteiger partial charge in [0.1, 0.15) is 0 Å². The van der Waals surface area contributed by atoms with E-state index in [1.807, 2.05) is 0 Å². The molecular weight excluding hydrogens is 268 g/mol. The topological polar surface area (TPSA) is 67.4 Å². The fraction of sp³-hybridized carbons (Fsp3) is 0.875. The van der Waals surface area contributed by atoms with Crippen molar-refractivity contribution in [3.8, 4) is 0 Å². The third kappa shape index (κ3) is 3.01. The van der Waals surface area contributed by atoms with Crippen molar-refractivity contribution < 1.29 is 14.3 Å². The first kappa shape index (κ1) is 14.7. The Hall–Kier alpha value is -1.26. The van der Waals surface area contributed by atoms with Crippen molar-refractivity contribution in [1.82, 2.24) is 10.6 Å². The number of alkyl carbamates (subject to hydrolysis) is 1. The van der Waals surface area contributed by atoms with Gasteiger partial charge >= 0.3 is 6.09 Å². The first-order valence-electron chi connectivity index (χ1n) is 8.30. The maximum Gasteiger partial charge on any atom is 0.407 e. The number of ether oxygens (including phenoxy) is 1. The average molecular weight is 294 g/mol. The molecule has 5 heteroatoms. The highest BCUT2D eigenvalue weighted by Crippen LogP contribution is 2.60. The Morgan fingerprint density at radius 3 is 2.05 bits per heavy atom. The third-order valence-corrected chi connectivity index (χ3v) is 5.48. The third-order valence-electron chi connectivity index (χ3n) is 5.48. The molecule has 5 nitrogen and oxygen atoms in total. The van der Waals surface area contributed by atoms with Gasteiger partial charge in [0.05, 0.1) is 6.61 Å². The molecule has 0 aromatic rings. The molecule has 2 amide bonds. The molecule has 0 atom stereocenters. The Labute approximate surface area is 126 Å². The summed E-state index contributed by atoms with van der Waals surface area (Å²) < 4.78 is 4.79. The molecule has 2 N–H and O–H groups in total. The fourth-order valence-corrected chi connectivity index (χ4v) is 5.10. The van der Waals surface area contributed by atoms with Gasteiger partial charge < -0.3 is 15.4 Å². The van der Waals surface area contributed by atoms with E-state index >= 15 is 0 Å². The molecule has 0 radical (unpaired) electrons. The van der Waals surface area contributed by atoms with Crippen molar-refractivity contribution in [3.63, 3.8) is 0 Å². The van der Waals surface area contributed by atoms with Gasteiger partial charge in [0.25, 0.3) is 0 Å². The Balaban J connectivity index is 1.46. The molecular formula is C16H26N2O3. The predicted octanol–water partition coefficient (Wildman–Crippen LogP) is 2.07. The monoisotopic (exact) mass is 294 g/mol. The van der Waals surface area contributed by atoms with Crippen molar-refractivity contribution >= 4 is 12.0 Å². The van der Waals surface area contributed by atoms with Crippen molar-refractivity contribution in [2.24, 2.45) is 23.2 Å². The number of hydrogen-bond acceptors (Lipinski definition) is 3. The zero-order chi connectivity index (χ0) is 14.9. The number of hydrogen-bond donors (Lipinski definition) is 2. The molecule has 118 valence electrons. The van der Waals surface area contributed by atoms with E-state index in [-0.39, 0.29) is 11.3 Å². The molecule has 4 rings (SSSR count). The highest BCUT2D eigenvalue weighted by atomic mass is 16.5. The molecule has 0 unspecified atom stereocenters. The average Bonchev–Trinajstić information content (AvgIpc) is 2.42. The molecule has 4 bridgehead atoms. The zero-order valence-electron chi connectivity index (χ0n) is 12.8. The SMILES string of the molecule is CCOC(=O)NCCNC(=O)C12CC3CC(CC(C3)C1)C2. The van der Waals surface area contributed by atoms with Gasteiger partial charge in [0.2, 0.25) is 5.91 Å². The molecule has 4 aliphatic carbocycles. The van der Waals surface area contributed by atoms with Crippen LogP contribution in [0.15, 0.2) is 0 Å². The van der Waals surface area contributed by atoms with E-state index in [0.717, 1.165) is 37.0 Å². The summed E-state index contributed by atoms with van der Waals surface area (Å²) in [6, 6.07) is 0. The maximum atomic E-state index is 12.6. The lowest BCUT2D eigenvalue weighted by molar-refractivity contribution is -0.146. The van der Waals surface area contributed by atoms with E-state index in [1.54, 1.807) is 6.92 Å². The van der Waals surface area contributed by atoms with Crippen LogP contribution >= 0.6 is 0 Å². The van der Waals surface area contributed by atoms with E-state index < -0.39 is 6.09 Å². The van der Waals surface area contributed by atoms with Crippen molar-refractivity contribution in [2.45, 2.75) is 45.4 Å². The van der Waals surface area contributed by atoms with Crippen LogP contribution in [0.4, 0.5) is 4.79 Å². The Bertz CT molecular complexity index is 386. The first-order chi connectivity index (χ1) is 10.1. The van der Waals surface area contributed by atoms with Crippen LogP contribution in [0.5, 0.6) is 0 Å².